The Morgan fingerprint density at radius 2 is 1.83 bits per heavy atom. The van der Waals surface area contributed by atoms with Crippen LogP contribution in [0.25, 0.3) is 11.3 Å². The van der Waals surface area contributed by atoms with E-state index in [0.717, 1.165) is 30.2 Å². The molecule has 156 valence electrons. The van der Waals surface area contributed by atoms with Crippen molar-refractivity contribution < 1.29 is 9.18 Å². The number of nitrogens with zero attached hydrogens (tertiary/aromatic N) is 5. The van der Waals surface area contributed by atoms with Gasteiger partial charge in [-0.1, -0.05) is 0 Å². The van der Waals surface area contributed by atoms with Crippen molar-refractivity contribution in [3.8, 4) is 11.3 Å². The van der Waals surface area contributed by atoms with Crippen LogP contribution < -0.4 is 10.2 Å². The van der Waals surface area contributed by atoms with E-state index in [4.69, 9.17) is 0 Å². The number of hydrogen-bond donors (Lipinski definition) is 1. The highest BCUT2D eigenvalue weighted by Gasteiger charge is 2.17. The van der Waals surface area contributed by atoms with Crippen LogP contribution in [0.3, 0.4) is 0 Å². The molecule has 0 bridgehead atoms. The second-order valence-corrected chi connectivity index (χ2v) is 7.56. The highest BCUT2D eigenvalue weighted by atomic mass is 19.1. The molecule has 0 unspecified atom stereocenters. The van der Waals surface area contributed by atoms with Gasteiger partial charge in [-0.05, 0) is 56.5 Å². The van der Waals surface area contributed by atoms with Gasteiger partial charge >= 0.3 is 0 Å². The molecule has 3 heterocycles. The molecule has 0 radical (unpaired) electrons. The van der Waals surface area contributed by atoms with Gasteiger partial charge < -0.3 is 10.2 Å². The number of hydrogen-bond acceptors (Lipinski definition) is 5. The average molecular weight is 408 g/mol. The van der Waals surface area contributed by atoms with Crippen LogP contribution in [0.5, 0.6) is 0 Å². The number of rotatable bonds is 5. The van der Waals surface area contributed by atoms with Crippen LogP contribution in [0.1, 0.15) is 41.3 Å². The Bertz CT molecular complexity index is 1040. The highest BCUT2D eigenvalue weighted by molar-refractivity contribution is 5.93. The van der Waals surface area contributed by atoms with Crippen molar-refractivity contribution in [1.29, 1.82) is 0 Å². The molecule has 1 aliphatic heterocycles. The Morgan fingerprint density at radius 3 is 2.57 bits per heavy atom. The smallest absolute Gasteiger partial charge is 0.269 e. The van der Waals surface area contributed by atoms with Gasteiger partial charge in [-0.2, -0.15) is 5.10 Å². The lowest BCUT2D eigenvalue weighted by atomic mass is 10.1. The maximum Gasteiger partial charge on any atom is 0.269 e. The fourth-order valence-electron chi connectivity index (χ4n) is 3.67. The quantitative estimate of drug-likeness (QED) is 0.701. The standard InChI is InChI=1S/C22H25FN6O/c1-15-12-21(29-10-4-3-5-11-29)26-20(25-15)14-24-22(30)19-13-18(27-28(19)2)16-6-8-17(23)9-7-16/h6-9,12-13H,3-5,10-11,14H2,1-2H3,(H,24,30). The number of aryl methyl sites for hydroxylation is 2. The summed E-state index contributed by atoms with van der Waals surface area (Å²) >= 11 is 0. The number of amides is 1. The monoisotopic (exact) mass is 408 g/mol. The van der Waals surface area contributed by atoms with Gasteiger partial charge in [-0.15, -0.1) is 0 Å². The van der Waals surface area contributed by atoms with Gasteiger partial charge in [0.25, 0.3) is 5.91 Å². The zero-order chi connectivity index (χ0) is 21.1. The summed E-state index contributed by atoms with van der Waals surface area (Å²) in [6, 6.07) is 9.72. The van der Waals surface area contributed by atoms with Gasteiger partial charge in [0.2, 0.25) is 0 Å². The number of aromatic nitrogens is 4. The summed E-state index contributed by atoms with van der Waals surface area (Å²) in [7, 11) is 1.71. The second kappa shape index (κ2) is 8.61. The molecule has 1 N–H and O–H groups in total. The van der Waals surface area contributed by atoms with E-state index in [1.165, 1.54) is 36.1 Å². The molecule has 8 heteroatoms. The fourth-order valence-corrected chi connectivity index (χ4v) is 3.67. The van der Waals surface area contributed by atoms with Crippen LogP contribution in [-0.2, 0) is 13.6 Å². The molecule has 4 rings (SSSR count). The van der Waals surface area contributed by atoms with Crippen molar-refractivity contribution in [2.45, 2.75) is 32.7 Å². The molecular weight excluding hydrogens is 383 g/mol. The molecule has 0 atom stereocenters. The third-order valence-corrected chi connectivity index (χ3v) is 5.23. The van der Waals surface area contributed by atoms with E-state index in [9.17, 15) is 9.18 Å². The molecule has 1 amide bonds. The van der Waals surface area contributed by atoms with Crippen LogP contribution in [0.15, 0.2) is 36.4 Å². The molecule has 7 nitrogen and oxygen atoms in total. The molecule has 1 aromatic carbocycles. The first-order chi connectivity index (χ1) is 14.5. The van der Waals surface area contributed by atoms with Crippen LogP contribution in [0.2, 0.25) is 0 Å². The van der Waals surface area contributed by atoms with Crippen molar-refractivity contribution in [1.82, 2.24) is 25.1 Å². The third kappa shape index (κ3) is 4.48. The average Bonchev–Trinajstić information content (AvgIpc) is 3.14. The van der Waals surface area contributed by atoms with Gasteiger partial charge in [0.05, 0.1) is 12.2 Å². The van der Waals surface area contributed by atoms with Crippen molar-refractivity contribution in [3.05, 3.63) is 59.4 Å². The van der Waals surface area contributed by atoms with Crippen LogP contribution in [0, 0.1) is 12.7 Å². The third-order valence-electron chi connectivity index (χ3n) is 5.23. The number of carbonyl (C=O) groups is 1. The van der Waals surface area contributed by atoms with E-state index < -0.39 is 0 Å². The number of benzene rings is 1. The van der Waals surface area contributed by atoms with Crippen LogP contribution in [-0.4, -0.2) is 38.7 Å². The van der Waals surface area contributed by atoms with Crippen molar-refractivity contribution in [3.63, 3.8) is 0 Å². The van der Waals surface area contributed by atoms with Crippen LogP contribution in [0.4, 0.5) is 10.2 Å². The summed E-state index contributed by atoms with van der Waals surface area (Å²) in [5.41, 5.74) is 2.66. The summed E-state index contributed by atoms with van der Waals surface area (Å²) in [5, 5.41) is 7.26. The predicted molar refractivity (Wildman–Crippen MR) is 113 cm³/mol. The lowest BCUT2D eigenvalue weighted by Crippen LogP contribution is -2.31. The van der Waals surface area contributed by atoms with E-state index in [2.05, 4.69) is 25.3 Å². The Labute approximate surface area is 175 Å². The first-order valence-corrected chi connectivity index (χ1v) is 10.2. The molecule has 2 aromatic heterocycles. The second-order valence-electron chi connectivity index (χ2n) is 7.56. The largest absolute Gasteiger partial charge is 0.357 e. The molecule has 1 aliphatic rings. The summed E-state index contributed by atoms with van der Waals surface area (Å²) in [5.74, 6) is 0.938. The van der Waals surface area contributed by atoms with Gasteiger partial charge in [-0.3, -0.25) is 9.48 Å². The summed E-state index contributed by atoms with van der Waals surface area (Å²) in [6.45, 7) is 4.18. The zero-order valence-electron chi connectivity index (χ0n) is 17.2. The number of piperidine rings is 1. The molecule has 0 spiro atoms. The maximum absolute atomic E-state index is 13.1. The Balaban J connectivity index is 1.46. The topological polar surface area (TPSA) is 75.9 Å². The summed E-state index contributed by atoms with van der Waals surface area (Å²) in [4.78, 5) is 24.1. The lowest BCUT2D eigenvalue weighted by Gasteiger charge is -2.28. The first-order valence-electron chi connectivity index (χ1n) is 10.2. The SMILES string of the molecule is Cc1cc(N2CCCCC2)nc(CNC(=O)c2cc(-c3ccc(F)cc3)nn2C)n1. The minimum absolute atomic E-state index is 0.235. The zero-order valence-corrected chi connectivity index (χ0v) is 17.2. The van der Waals surface area contributed by atoms with E-state index in [1.54, 1.807) is 25.2 Å². The normalized spacial score (nSPS) is 14.0. The Morgan fingerprint density at radius 1 is 1.10 bits per heavy atom. The lowest BCUT2D eigenvalue weighted by molar-refractivity contribution is 0.0940. The Hall–Kier alpha value is -3.29. The fraction of sp³-hybridized carbons (Fsp3) is 0.364. The van der Waals surface area contributed by atoms with E-state index in [1.807, 2.05) is 13.0 Å². The highest BCUT2D eigenvalue weighted by Crippen LogP contribution is 2.20. The number of nitrogens with one attached hydrogen (secondary N) is 1. The van der Waals surface area contributed by atoms with Gasteiger partial charge in [-0.25, -0.2) is 14.4 Å². The Kier molecular flexibility index (Phi) is 5.74. The first kappa shape index (κ1) is 20.0. The molecule has 1 saturated heterocycles. The van der Waals surface area contributed by atoms with Crippen molar-refractivity contribution in [2.75, 3.05) is 18.0 Å². The minimum Gasteiger partial charge on any atom is -0.357 e. The van der Waals surface area contributed by atoms with E-state index >= 15 is 0 Å². The predicted octanol–water partition coefficient (Wildman–Crippen LogP) is 3.24. The van der Waals surface area contributed by atoms with Crippen LogP contribution >= 0.6 is 0 Å². The molecule has 1 fully saturated rings. The van der Waals surface area contributed by atoms with Crippen molar-refractivity contribution in [2.24, 2.45) is 7.05 Å². The molecule has 3 aromatic rings. The van der Waals surface area contributed by atoms with Gasteiger partial charge in [0.1, 0.15) is 23.2 Å². The molecule has 0 aliphatic carbocycles. The van der Waals surface area contributed by atoms with Gasteiger partial charge in [0.15, 0.2) is 0 Å². The van der Waals surface area contributed by atoms with E-state index in [-0.39, 0.29) is 18.3 Å². The summed E-state index contributed by atoms with van der Waals surface area (Å²) < 4.78 is 14.7. The number of carbonyl (C=O) groups excluding carboxylic acids is 1. The van der Waals surface area contributed by atoms with E-state index in [0.29, 0.717) is 17.2 Å². The molecule has 30 heavy (non-hydrogen) atoms. The number of anilines is 1. The molecule has 0 saturated carbocycles. The molecular formula is C22H25FN6O. The maximum atomic E-state index is 13.1. The number of halogens is 1. The van der Waals surface area contributed by atoms with Gasteiger partial charge in [0, 0.05) is 37.5 Å². The van der Waals surface area contributed by atoms with Crippen molar-refractivity contribution >= 4 is 11.7 Å². The summed E-state index contributed by atoms with van der Waals surface area (Å²) in [6.07, 6.45) is 3.60. The minimum atomic E-state index is -0.310.